The summed E-state index contributed by atoms with van der Waals surface area (Å²) in [5, 5.41) is 13.1. The second-order valence-corrected chi connectivity index (χ2v) is 3.71. The molecule has 0 aliphatic carbocycles. The molecular formula is C9H17N3O4. The first kappa shape index (κ1) is 12.7. The Morgan fingerprint density at radius 2 is 2.25 bits per heavy atom. The maximum absolute atomic E-state index is 11.1. The van der Waals surface area contributed by atoms with E-state index in [1.807, 2.05) is 7.05 Å². The molecule has 1 aliphatic rings. The highest BCUT2D eigenvalue weighted by atomic mass is 16.5. The molecule has 2 amide bonds. The van der Waals surface area contributed by atoms with Crippen molar-refractivity contribution in [3.8, 4) is 0 Å². The van der Waals surface area contributed by atoms with Gasteiger partial charge < -0.3 is 25.4 Å². The lowest BCUT2D eigenvalue weighted by molar-refractivity contribution is -0.135. The van der Waals surface area contributed by atoms with Gasteiger partial charge in [0.15, 0.2) is 0 Å². The zero-order chi connectivity index (χ0) is 12.0. The zero-order valence-electron chi connectivity index (χ0n) is 9.23. The van der Waals surface area contributed by atoms with Crippen molar-refractivity contribution < 1.29 is 19.4 Å². The molecule has 92 valence electrons. The van der Waals surface area contributed by atoms with E-state index in [2.05, 4.69) is 15.5 Å². The largest absolute Gasteiger partial charge is 0.480 e. The fourth-order valence-corrected chi connectivity index (χ4v) is 1.42. The van der Waals surface area contributed by atoms with Crippen LogP contribution in [0.2, 0.25) is 0 Å². The number of likely N-dealkylation sites (N-methyl/N-ethyl adjacent to an activating group) is 1. The summed E-state index contributed by atoms with van der Waals surface area (Å²) < 4.78 is 5.42. The second kappa shape index (κ2) is 6.29. The summed E-state index contributed by atoms with van der Waals surface area (Å²) in [5.41, 5.74) is 0. The first-order valence-electron chi connectivity index (χ1n) is 5.11. The summed E-state index contributed by atoms with van der Waals surface area (Å²) in [7, 11) is 1.99. The van der Waals surface area contributed by atoms with Crippen LogP contribution in [0.4, 0.5) is 4.79 Å². The van der Waals surface area contributed by atoms with Crippen LogP contribution < -0.4 is 10.6 Å². The van der Waals surface area contributed by atoms with E-state index in [9.17, 15) is 9.59 Å². The molecule has 1 aliphatic heterocycles. The first-order chi connectivity index (χ1) is 7.58. The number of carboxylic acids is 1. The average molecular weight is 231 g/mol. The Hall–Kier alpha value is -1.34. The number of aliphatic carboxylic acids is 1. The van der Waals surface area contributed by atoms with Gasteiger partial charge in [0.1, 0.15) is 6.54 Å². The zero-order valence-corrected chi connectivity index (χ0v) is 9.23. The van der Waals surface area contributed by atoms with Crippen molar-refractivity contribution >= 4 is 12.0 Å². The molecule has 7 nitrogen and oxygen atoms in total. The highest BCUT2D eigenvalue weighted by Gasteiger charge is 2.18. The minimum Gasteiger partial charge on any atom is -0.480 e. The van der Waals surface area contributed by atoms with Crippen molar-refractivity contribution in [1.82, 2.24) is 15.5 Å². The maximum atomic E-state index is 11.1. The van der Waals surface area contributed by atoms with Crippen LogP contribution >= 0.6 is 0 Å². The lowest BCUT2D eigenvalue weighted by Crippen LogP contribution is -2.48. The molecule has 0 spiro atoms. The van der Waals surface area contributed by atoms with E-state index in [0.29, 0.717) is 13.2 Å². The lowest BCUT2D eigenvalue weighted by atomic mass is 10.3. The van der Waals surface area contributed by atoms with Gasteiger partial charge in [-0.15, -0.1) is 0 Å². The first-order valence-corrected chi connectivity index (χ1v) is 5.11. The molecule has 0 radical (unpaired) electrons. The number of urea groups is 1. The van der Waals surface area contributed by atoms with Crippen LogP contribution in [0.25, 0.3) is 0 Å². The smallest absolute Gasteiger partial charge is 0.323 e. The van der Waals surface area contributed by atoms with Crippen LogP contribution in [0.1, 0.15) is 0 Å². The molecule has 0 aromatic carbocycles. The fraction of sp³-hybridized carbons (Fsp3) is 0.778. The molecule has 1 saturated heterocycles. The van der Waals surface area contributed by atoms with Gasteiger partial charge >= 0.3 is 12.0 Å². The number of amides is 2. The molecule has 1 rings (SSSR count). The molecular weight excluding hydrogens is 214 g/mol. The van der Waals surface area contributed by atoms with Gasteiger partial charge in [0.05, 0.1) is 12.7 Å². The third kappa shape index (κ3) is 4.94. The van der Waals surface area contributed by atoms with Gasteiger partial charge in [0.25, 0.3) is 0 Å². The minimum absolute atomic E-state index is 0.0330. The molecule has 0 saturated carbocycles. The standard InChI is InChI=1S/C9H17N3O4/c1-12-2-3-16-7(6-12)4-10-9(15)11-5-8(13)14/h7H,2-6H2,1H3,(H,13,14)(H2,10,11,15). The lowest BCUT2D eigenvalue weighted by Gasteiger charge is -2.30. The van der Waals surface area contributed by atoms with E-state index in [0.717, 1.165) is 13.1 Å². The molecule has 16 heavy (non-hydrogen) atoms. The second-order valence-electron chi connectivity index (χ2n) is 3.71. The third-order valence-corrected chi connectivity index (χ3v) is 2.23. The van der Waals surface area contributed by atoms with E-state index in [-0.39, 0.29) is 12.6 Å². The Morgan fingerprint density at radius 3 is 2.88 bits per heavy atom. The molecule has 0 aromatic rings. The van der Waals surface area contributed by atoms with Crippen LogP contribution in [0.15, 0.2) is 0 Å². The maximum Gasteiger partial charge on any atom is 0.323 e. The van der Waals surface area contributed by atoms with E-state index in [4.69, 9.17) is 9.84 Å². The number of carbonyl (C=O) groups excluding carboxylic acids is 1. The topological polar surface area (TPSA) is 90.9 Å². The Morgan fingerprint density at radius 1 is 1.50 bits per heavy atom. The van der Waals surface area contributed by atoms with E-state index in [1.54, 1.807) is 0 Å². The van der Waals surface area contributed by atoms with Crippen LogP contribution in [0, 0.1) is 0 Å². The Labute approximate surface area is 93.7 Å². The van der Waals surface area contributed by atoms with Crippen molar-refractivity contribution in [2.75, 3.05) is 39.8 Å². The Kier molecular flexibility index (Phi) is 5.00. The highest BCUT2D eigenvalue weighted by molar-refractivity contribution is 5.79. The molecule has 1 fully saturated rings. The molecule has 1 unspecified atom stereocenters. The molecule has 0 bridgehead atoms. The van der Waals surface area contributed by atoms with Gasteiger partial charge in [-0.2, -0.15) is 0 Å². The molecule has 1 atom stereocenters. The average Bonchev–Trinajstić information content (AvgIpc) is 2.23. The number of morpholine rings is 1. The van der Waals surface area contributed by atoms with E-state index < -0.39 is 12.0 Å². The van der Waals surface area contributed by atoms with Crippen LogP contribution in [-0.2, 0) is 9.53 Å². The number of ether oxygens (including phenoxy) is 1. The van der Waals surface area contributed by atoms with Gasteiger partial charge in [0, 0.05) is 19.6 Å². The Bertz CT molecular complexity index is 259. The van der Waals surface area contributed by atoms with Crippen molar-refractivity contribution in [3.05, 3.63) is 0 Å². The molecule has 3 N–H and O–H groups in total. The van der Waals surface area contributed by atoms with Crippen molar-refractivity contribution in [3.63, 3.8) is 0 Å². The summed E-state index contributed by atoms with van der Waals surface area (Å²) in [5.74, 6) is -1.07. The summed E-state index contributed by atoms with van der Waals surface area (Å²) in [6, 6.07) is -0.487. The monoisotopic (exact) mass is 231 g/mol. The third-order valence-electron chi connectivity index (χ3n) is 2.23. The number of nitrogens with one attached hydrogen (secondary N) is 2. The SMILES string of the molecule is CN1CCOC(CNC(=O)NCC(=O)O)C1. The van der Waals surface area contributed by atoms with Gasteiger partial charge in [-0.05, 0) is 7.05 Å². The number of hydrogen-bond acceptors (Lipinski definition) is 4. The number of hydrogen-bond donors (Lipinski definition) is 3. The van der Waals surface area contributed by atoms with E-state index in [1.165, 1.54) is 0 Å². The predicted octanol–water partition coefficient (Wildman–Crippen LogP) is -1.30. The molecule has 1 heterocycles. The minimum atomic E-state index is -1.07. The summed E-state index contributed by atoms with van der Waals surface area (Å²) >= 11 is 0. The van der Waals surface area contributed by atoms with E-state index >= 15 is 0 Å². The quantitative estimate of drug-likeness (QED) is 0.559. The van der Waals surface area contributed by atoms with Gasteiger partial charge in [0.2, 0.25) is 0 Å². The summed E-state index contributed by atoms with van der Waals surface area (Å²) in [6.45, 7) is 2.31. The van der Waals surface area contributed by atoms with Gasteiger partial charge in [-0.3, -0.25) is 4.79 Å². The number of nitrogens with zero attached hydrogens (tertiary/aromatic N) is 1. The van der Waals surface area contributed by atoms with Crippen LogP contribution in [0.3, 0.4) is 0 Å². The van der Waals surface area contributed by atoms with Crippen molar-refractivity contribution in [1.29, 1.82) is 0 Å². The molecule has 0 aromatic heterocycles. The number of carbonyl (C=O) groups is 2. The predicted molar refractivity (Wildman–Crippen MR) is 56.3 cm³/mol. The van der Waals surface area contributed by atoms with Gasteiger partial charge in [-0.1, -0.05) is 0 Å². The number of rotatable bonds is 4. The highest BCUT2D eigenvalue weighted by Crippen LogP contribution is 2.01. The van der Waals surface area contributed by atoms with Crippen molar-refractivity contribution in [2.24, 2.45) is 0 Å². The van der Waals surface area contributed by atoms with Gasteiger partial charge in [-0.25, -0.2) is 4.79 Å². The fourth-order valence-electron chi connectivity index (χ4n) is 1.42. The van der Waals surface area contributed by atoms with Crippen LogP contribution in [-0.4, -0.2) is 67.9 Å². The Balaban J connectivity index is 2.13. The molecule has 7 heteroatoms. The normalized spacial score (nSPS) is 21.4. The summed E-state index contributed by atoms with van der Waals surface area (Å²) in [6.07, 6.45) is -0.0330. The number of carboxylic acid groups (broad SMARTS) is 1. The summed E-state index contributed by atoms with van der Waals surface area (Å²) in [4.78, 5) is 23.4. The van der Waals surface area contributed by atoms with Crippen LogP contribution in [0.5, 0.6) is 0 Å². The van der Waals surface area contributed by atoms with Crippen molar-refractivity contribution in [2.45, 2.75) is 6.10 Å².